The molecule has 0 bridgehead atoms. The van der Waals surface area contributed by atoms with Crippen molar-refractivity contribution >= 4 is 39.1 Å². The van der Waals surface area contributed by atoms with Crippen LogP contribution in [0.2, 0.25) is 5.02 Å². The van der Waals surface area contributed by atoms with Crippen LogP contribution in [-0.2, 0) is 26.2 Å². The summed E-state index contributed by atoms with van der Waals surface area (Å²) in [4.78, 5) is 28.6. The topological polar surface area (TPSA) is 96.0 Å². The van der Waals surface area contributed by atoms with E-state index >= 15 is 0 Å². The number of amides is 2. The average molecular weight is 600 g/mol. The van der Waals surface area contributed by atoms with E-state index in [2.05, 4.69) is 5.32 Å². The molecule has 0 heterocycles. The Labute approximate surface area is 248 Å². The molecule has 0 spiro atoms. The zero-order valence-corrected chi connectivity index (χ0v) is 25.9. The van der Waals surface area contributed by atoms with Crippen molar-refractivity contribution in [3.63, 3.8) is 0 Å². The van der Waals surface area contributed by atoms with Gasteiger partial charge in [0.15, 0.2) is 0 Å². The van der Waals surface area contributed by atoms with Gasteiger partial charge in [-0.1, -0.05) is 66.0 Å². The van der Waals surface area contributed by atoms with Gasteiger partial charge in [-0.25, -0.2) is 8.42 Å². The lowest BCUT2D eigenvalue weighted by Gasteiger charge is -2.32. The van der Waals surface area contributed by atoms with E-state index in [-0.39, 0.29) is 34.1 Å². The maximum Gasteiger partial charge on any atom is 0.264 e. The number of nitrogens with one attached hydrogen (secondary N) is 1. The fraction of sp³-hybridized carbons (Fsp3) is 0.355. The lowest BCUT2D eigenvalue weighted by atomic mass is 10.1. The minimum atomic E-state index is -4.20. The van der Waals surface area contributed by atoms with Crippen molar-refractivity contribution in [1.82, 2.24) is 10.2 Å². The van der Waals surface area contributed by atoms with Gasteiger partial charge in [-0.2, -0.15) is 0 Å². The predicted octanol–water partition coefficient (Wildman–Crippen LogP) is 5.49. The number of methoxy groups -OCH3 is 1. The summed E-state index contributed by atoms with van der Waals surface area (Å²) < 4.78 is 34.2. The van der Waals surface area contributed by atoms with Gasteiger partial charge in [0.05, 0.1) is 22.7 Å². The normalized spacial score (nSPS) is 12.8. The number of carbonyl (C=O) groups excluding carboxylic acids is 2. The number of anilines is 1. The second-order valence-electron chi connectivity index (χ2n) is 10.1. The molecular weight excluding hydrogens is 562 g/mol. The van der Waals surface area contributed by atoms with Gasteiger partial charge in [-0.05, 0) is 70.0 Å². The first-order valence-electron chi connectivity index (χ1n) is 13.5. The van der Waals surface area contributed by atoms with Crippen LogP contribution < -0.4 is 14.4 Å². The van der Waals surface area contributed by atoms with Crippen LogP contribution in [0, 0.1) is 13.8 Å². The molecule has 0 fully saturated rings. The Hall–Kier alpha value is -3.56. The van der Waals surface area contributed by atoms with E-state index in [1.54, 1.807) is 25.1 Å². The third-order valence-electron chi connectivity index (χ3n) is 6.95. The maximum absolute atomic E-state index is 14.0. The highest BCUT2D eigenvalue weighted by Crippen LogP contribution is 2.32. The number of nitrogens with zero attached hydrogens (tertiary/aromatic N) is 2. The van der Waals surface area contributed by atoms with Gasteiger partial charge in [0.1, 0.15) is 18.3 Å². The highest BCUT2D eigenvalue weighted by molar-refractivity contribution is 7.92. The fourth-order valence-corrected chi connectivity index (χ4v) is 5.77. The quantitative estimate of drug-likeness (QED) is 0.297. The number of aryl methyl sites for hydroxylation is 2. The summed E-state index contributed by atoms with van der Waals surface area (Å²) in [6.45, 7) is 8.88. The molecule has 8 nitrogen and oxygen atoms in total. The van der Waals surface area contributed by atoms with Crippen LogP contribution in [-0.4, -0.2) is 50.9 Å². The lowest BCUT2D eigenvalue weighted by Crippen LogP contribution is -2.52. The second kappa shape index (κ2) is 13.9. The van der Waals surface area contributed by atoms with Crippen molar-refractivity contribution < 1.29 is 22.7 Å². The van der Waals surface area contributed by atoms with E-state index in [1.165, 1.54) is 36.3 Å². The Kier molecular flexibility index (Phi) is 10.8. The van der Waals surface area contributed by atoms with Crippen LogP contribution in [0.1, 0.15) is 43.9 Å². The molecule has 0 saturated carbocycles. The van der Waals surface area contributed by atoms with Crippen molar-refractivity contribution in [2.75, 3.05) is 18.0 Å². The summed E-state index contributed by atoms with van der Waals surface area (Å²) in [5.74, 6) is -0.494. The smallest absolute Gasteiger partial charge is 0.264 e. The molecule has 41 heavy (non-hydrogen) atoms. The number of halogens is 1. The highest BCUT2D eigenvalue weighted by atomic mass is 35.5. The number of benzene rings is 3. The van der Waals surface area contributed by atoms with Crippen LogP contribution in [0.25, 0.3) is 0 Å². The van der Waals surface area contributed by atoms with Crippen LogP contribution in [0.5, 0.6) is 5.75 Å². The third kappa shape index (κ3) is 8.01. The molecule has 0 saturated heterocycles. The van der Waals surface area contributed by atoms with Gasteiger partial charge >= 0.3 is 0 Å². The molecule has 0 aromatic heterocycles. The number of hydrogen-bond donors (Lipinski definition) is 1. The van der Waals surface area contributed by atoms with Crippen LogP contribution >= 0.6 is 11.6 Å². The minimum absolute atomic E-state index is 0.0236. The van der Waals surface area contributed by atoms with E-state index < -0.39 is 28.5 Å². The van der Waals surface area contributed by atoms with Gasteiger partial charge in [0, 0.05) is 12.6 Å². The number of hydrogen-bond acceptors (Lipinski definition) is 5. The van der Waals surface area contributed by atoms with Crippen molar-refractivity contribution in [2.45, 2.75) is 64.6 Å². The molecule has 0 unspecified atom stereocenters. The average Bonchev–Trinajstić information content (AvgIpc) is 2.95. The Morgan fingerprint density at radius 2 is 1.54 bits per heavy atom. The summed E-state index contributed by atoms with van der Waals surface area (Å²) in [5, 5.41) is 3.12. The molecule has 0 aliphatic heterocycles. The summed E-state index contributed by atoms with van der Waals surface area (Å²) in [6.07, 6.45) is 0.727. The highest BCUT2D eigenvalue weighted by Gasteiger charge is 2.33. The van der Waals surface area contributed by atoms with Crippen LogP contribution in [0.15, 0.2) is 71.6 Å². The number of rotatable bonds is 12. The Bertz CT molecular complexity index is 1460. The molecule has 220 valence electrons. The molecule has 1 N–H and O–H groups in total. The van der Waals surface area contributed by atoms with Gasteiger partial charge in [-0.3, -0.25) is 13.9 Å². The van der Waals surface area contributed by atoms with Crippen LogP contribution in [0.4, 0.5) is 5.69 Å². The summed E-state index contributed by atoms with van der Waals surface area (Å²) in [5.41, 5.74) is 2.95. The van der Waals surface area contributed by atoms with Crippen LogP contribution in [0.3, 0.4) is 0 Å². The van der Waals surface area contributed by atoms with Crippen molar-refractivity contribution in [3.05, 3.63) is 88.4 Å². The van der Waals surface area contributed by atoms with Gasteiger partial charge in [0.2, 0.25) is 11.8 Å². The van der Waals surface area contributed by atoms with Gasteiger partial charge in [0.25, 0.3) is 10.0 Å². The predicted molar refractivity (Wildman–Crippen MR) is 163 cm³/mol. The van der Waals surface area contributed by atoms with E-state index in [4.69, 9.17) is 16.3 Å². The zero-order chi connectivity index (χ0) is 30.3. The fourth-order valence-electron chi connectivity index (χ4n) is 4.11. The molecule has 3 aromatic rings. The van der Waals surface area contributed by atoms with Gasteiger partial charge < -0.3 is 15.0 Å². The molecule has 0 aliphatic rings. The molecule has 0 radical (unpaired) electrons. The first-order valence-corrected chi connectivity index (χ1v) is 15.3. The molecule has 2 amide bonds. The molecule has 3 aromatic carbocycles. The summed E-state index contributed by atoms with van der Waals surface area (Å²) in [7, 11) is -2.74. The molecule has 2 atom stereocenters. The van der Waals surface area contributed by atoms with Crippen molar-refractivity contribution in [3.8, 4) is 5.75 Å². The van der Waals surface area contributed by atoms with E-state index in [0.717, 1.165) is 27.4 Å². The van der Waals surface area contributed by atoms with E-state index in [0.29, 0.717) is 5.75 Å². The summed E-state index contributed by atoms with van der Waals surface area (Å²) in [6, 6.07) is 17.6. The Morgan fingerprint density at radius 3 is 2.07 bits per heavy atom. The van der Waals surface area contributed by atoms with Crippen molar-refractivity contribution in [2.24, 2.45) is 0 Å². The Morgan fingerprint density at radius 1 is 0.951 bits per heavy atom. The molecule has 10 heteroatoms. The summed E-state index contributed by atoms with van der Waals surface area (Å²) >= 11 is 6.37. The largest absolute Gasteiger partial charge is 0.495 e. The van der Waals surface area contributed by atoms with E-state index in [9.17, 15) is 18.0 Å². The van der Waals surface area contributed by atoms with Crippen molar-refractivity contribution in [1.29, 1.82) is 0 Å². The lowest BCUT2D eigenvalue weighted by molar-refractivity contribution is -0.139. The Balaban J connectivity index is 2.06. The molecular formula is C31H38ClN3O5S. The third-order valence-corrected chi connectivity index (χ3v) is 9.04. The number of ether oxygens (including phenoxy) is 1. The number of sulfonamides is 1. The van der Waals surface area contributed by atoms with E-state index in [1.807, 2.05) is 52.0 Å². The second-order valence-corrected chi connectivity index (χ2v) is 12.4. The molecule has 3 rings (SSSR count). The monoisotopic (exact) mass is 599 g/mol. The standard InChI is InChI=1S/C31H38ClN3O5S/c1-7-23(4)33-31(37)24(5)34(19-25-12-8-21(2)9-13-25)30(36)20-35(26-14-17-29(40-6)28(32)18-26)41(38,39)27-15-10-22(3)11-16-27/h8-18,23-24H,7,19-20H2,1-6H3,(H,33,37)/t23-,24+/m1/s1. The van der Waals surface area contributed by atoms with Gasteiger partial charge in [-0.15, -0.1) is 0 Å². The number of carbonyl (C=O) groups is 2. The SMILES string of the molecule is CC[C@@H](C)NC(=O)[C@H](C)N(Cc1ccc(C)cc1)C(=O)CN(c1ccc(OC)c(Cl)c1)S(=O)(=O)c1ccc(C)cc1. The first kappa shape index (κ1) is 32.0. The first-order chi connectivity index (χ1) is 19.4. The maximum atomic E-state index is 14.0. The minimum Gasteiger partial charge on any atom is -0.495 e. The molecule has 0 aliphatic carbocycles. The zero-order valence-electron chi connectivity index (χ0n) is 24.3.